The first kappa shape index (κ1) is 35.2. The second kappa shape index (κ2) is 14.5. The van der Waals surface area contributed by atoms with Gasteiger partial charge in [-0.25, -0.2) is 0 Å². The summed E-state index contributed by atoms with van der Waals surface area (Å²) >= 11 is 1.88. The van der Waals surface area contributed by atoms with Crippen molar-refractivity contribution in [1.82, 2.24) is 4.57 Å². The second-order valence-corrected chi connectivity index (χ2v) is 16.7. The quantitative estimate of drug-likeness (QED) is 0.156. The van der Waals surface area contributed by atoms with Crippen molar-refractivity contribution in [2.45, 2.75) is 0 Å². The van der Waals surface area contributed by atoms with E-state index >= 15 is 0 Å². The average Bonchev–Trinajstić information content (AvgIpc) is 3.88. The van der Waals surface area contributed by atoms with E-state index in [1.165, 1.54) is 86.1 Å². The molecule has 286 valence electrons. The van der Waals surface area contributed by atoms with Crippen molar-refractivity contribution >= 4 is 81.1 Å². The van der Waals surface area contributed by atoms with Crippen molar-refractivity contribution in [2.24, 2.45) is 0 Å². The maximum atomic E-state index is 2.42. The lowest BCUT2D eigenvalue weighted by atomic mass is 9.91. The van der Waals surface area contributed by atoms with Crippen LogP contribution in [0.25, 0.3) is 91.8 Å². The Balaban J connectivity index is 1.04. The minimum Gasteiger partial charge on any atom is -0.310 e. The number of benzene rings is 10. The zero-order chi connectivity index (χ0) is 40.3. The second-order valence-electron chi connectivity index (χ2n) is 15.7. The van der Waals surface area contributed by atoms with Gasteiger partial charge in [-0.1, -0.05) is 170 Å². The van der Waals surface area contributed by atoms with E-state index in [0.717, 1.165) is 22.7 Å². The van der Waals surface area contributed by atoms with Crippen LogP contribution in [-0.2, 0) is 0 Å². The maximum Gasteiger partial charge on any atom is 0.0541 e. The molecular formula is C58H38N2S. The summed E-state index contributed by atoms with van der Waals surface area (Å²) in [5.74, 6) is 0. The van der Waals surface area contributed by atoms with Gasteiger partial charge in [0, 0.05) is 53.7 Å². The van der Waals surface area contributed by atoms with E-state index in [1.54, 1.807) is 0 Å². The van der Waals surface area contributed by atoms with Crippen LogP contribution in [0.4, 0.5) is 17.1 Å². The third-order valence-corrected chi connectivity index (χ3v) is 13.4. The standard InChI is InChI=1S/C58H38N2S/c1-3-15-39(16-4-1)47-25-11-19-42-20-12-26-48(57(42)47)41-31-33-43(34-32-41)59(44-21-13-22-45(37-44)60-54-29-9-7-23-50(54)51-24-8-10-30-55(51)60)46-35-36-56-53(38-46)52-28-14-27-49(58(52)61-56)40-17-5-2-6-18-40/h1-38H. The third-order valence-electron chi connectivity index (χ3n) is 12.2. The fourth-order valence-corrected chi connectivity index (χ4v) is 10.6. The van der Waals surface area contributed by atoms with Crippen LogP contribution in [0.1, 0.15) is 0 Å². The summed E-state index contributed by atoms with van der Waals surface area (Å²) in [6.45, 7) is 0. The van der Waals surface area contributed by atoms with Crippen LogP contribution >= 0.6 is 11.3 Å². The lowest BCUT2D eigenvalue weighted by molar-refractivity contribution is 1.17. The molecule has 2 nitrogen and oxygen atoms in total. The van der Waals surface area contributed by atoms with Crippen LogP contribution in [-0.4, -0.2) is 4.57 Å². The van der Waals surface area contributed by atoms with Gasteiger partial charge in [-0.2, -0.15) is 0 Å². The number of nitrogens with zero attached hydrogens (tertiary/aromatic N) is 2. The molecule has 0 spiro atoms. The summed E-state index contributed by atoms with van der Waals surface area (Å²) in [4.78, 5) is 2.42. The van der Waals surface area contributed by atoms with Gasteiger partial charge in [-0.15, -0.1) is 11.3 Å². The minimum absolute atomic E-state index is 1.09. The molecule has 0 aliphatic carbocycles. The summed E-state index contributed by atoms with van der Waals surface area (Å²) in [6, 6.07) is 84.1. The molecule has 0 fully saturated rings. The monoisotopic (exact) mass is 794 g/mol. The lowest BCUT2D eigenvalue weighted by Gasteiger charge is -2.26. The molecule has 10 aromatic carbocycles. The van der Waals surface area contributed by atoms with Gasteiger partial charge in [-0.05, 0) is 105 Å². The Kier molecular flexibility index (Phi) is 8.39. The maximum absolute atomic E-state index is 2.42. The Labute approximate surface area is 358 Å². The molecule has 2 aromatic heterocycles. The summed E-state index contributed by atoms with van der Waals surface area (Å²) in [5, 5.41) is 7.55. The Morgan fingerprint density at radius 1 is 0.344 bits per heavy atom. The molecule has 0 saturated heterocycles. The van der Waals surface area contributed by atoms with Gasteiger partial charge in [0.05, 0.1) is 11.0 Å². The first-order chi connectivity index (χ1) is 30.3. The minimum atomic E-state index is 1.09. The number of fused-ring (bicyclic) bond motifs is 7. The van der Waals surface area contributed by atoms with Crippen molar-refractivity contribution in [2.75, 3.05) is 4.90 Å². The third kappa shape index (κ3) is 5.93. The van der Waals surface area contributed by atoms with E-state index in [2.05, 4.69) is 240 Å². The molecular weight excluding hydrogens is 757 g/mol. The molecule has 0 aliphatic heterocycles. The van der Waals surface area contributed by atoms with Gasteiger partial charge in [0.25, 0.3) is 0 Å². The molecule has 0 unspecified atom stereocenters. The smallest absolute Gasteiger partial charge is 0.0541 e. The van der Waals surface area contributed by atoms with Crippen LogP contribution in [0.3, 0.4) is 0 Å². The van der Waals surface area contributed by atoms with E-state index in [4.69, 9.17) is 0 Å². The number of aromatic nitrogens is 1. The molecule has 2 heterocycles. The highest BCUT2D eigenvalue weighted by molar-refractivity contribution is 7.26. The van der Waals surface area contributed by atoms with Crippen LogP contribution < -0.4 is 4.90 Å². The van der Waals surface area contributed by atoms with Crippen LogP contribution in [0.5, 0.6) is 0 Å². The number of hydrogen-bond donors (Lipinski definition) is 0. The van der Waals surface area contributed by atoms with Crippen LogP contribution in [0.2, 0.25) is 0 Å². The molecule has 3 heteroatoms. The van der Waals surface area contributed by atoms with Crippen molar-refractivity contribution in [3.05, 3.63) is 231 Å². The largest absolute Gasteiger partial charge is 0.310 e. The summed E-state index contributed by atoms with van der Waals surface area (Å²) in [7, 11) is 0. The molecule has 12 aromatic rings. The van der Waals surface area contributed by atoms with Gasteiger partial charge in [0.1, 0.15) is 0 Å². The normalized spacial score (nSPS) is 11.6. The molecule has 0 aliphatic rings. The first-order valence-electron chi connectivity index (χ1n) is 20.8. The molecule has 0 bridgehead atoms. The molecule has 0 N–H and O–H groups in total. The number of para-hydroxylation sites is 2. The Bertz CT molecular complexity index is 3520. The summed E-state index contributed by atoms with van der Waals surface area (Å²) in [6.07, 6.45) is 0. The molecule has 0 radical (unpaired) electrons. The zero-order valence-electron chi connectivity index (χ0n) is 33.2. The van der Waals surface area contributed by atoms with E-state index in [-0.39, 0.29) is 0 Å². The van der Waals surface area contributed by atoms with E-state index < -0.39 is 0 Å². The highest BCUT2D eigenvalue weighted by Crippen LogP contribution is 2.45. The predicted octanol–water partition coefficient (Wildman–Crippen LogP) is 16.8. The van der Waals surface area contributed by atoms with E-state index in [9.17, 15) is 0 Å². The van der Waals surface area contributed by atoms with Gasteiger partial charge in [0.15, 0.2) is 0 Å². The van der Waals surface area contributed by atoms with Gasteiger partial charge < -0.3 is 9.47 Å². The number of rotatable bonds is 7. The van der Waals surface area contributed by atoms with Gasteiger partial charge in [0.2, 0.25) is 0 Å². The number of hydrogen-bond acceptors (Lipinski definition) is 2. The Morgan fingerprint density at radius 2 is 0.869 bits per heavy atom. The topological polar surface area (TPSA) is 8.17 Å². The Morgan fingerprint density at radius 3 is 1.56 bits per heavy atom. The van der Waals surface area contributed by atoms with Crippen molar-refractivity contribution < 1.29 is 0 Å². The fourth-order valence-electron chi connectivity index (χ4n) is 9.42. The van der Waals surface area contributed by atoms with Crippen molar-refractivity contribution in [3.8, 4) is 39.1 Å². The van der Waals surface area contributed by atoms with E-state index in [1.807, 2.05) is 11.3 Å². The molecule has 12 rings (SSSR count). The fraction of sp³-hybridized carbons (Fsp3) is 0. The lowest BCUT2D eigenvalue weighted by Crippen LogP contribution is -2.10. The SMILES string of the molecule is c1ccc(-c2cccc3c2sc2ccc(N(c4ccc(-c5cccc6cccc(-c7ccccc7)c56)cc4)c4cccc(-n5c6ccccc6c6ccccc65)c4)cc23)cc1. The first-order valence-corrected chi connectivity index (χ1v) is 21.7. The van der Waals surface area contributed by atoms with Crippen LogP contribution in [0.15, 0.2) is 231 Å². The number of anilines is 3. The van der Waals surface area contributed by atoms with Crippen molar-refractivity contribution in [3.63, 3.8) is 0 Å². The predicted molar refractivity (Wildman–Crippen MR) is 262 cm³/mol. The van der Waals surface area contributed by atoms with E-state index in [0.29, 0.717) is 0 Å². The summed E-state index contributed by atoms with van der Waals surface area (Å²) < 4.78 is 5.00. The molecule has 0 atom stereocenters. The molecule has 61 heavy (non-hydrogen) atoms. The average molecular weight is 795 g/mol. The summed E-state index contributed by atoms with van der Waals surface area (Å²) in [5.41, 5.74) is 14.2. The van der Waals surface area contributed by atoms with Gasteiger partial charge >= 0.3 is 0 Å². The highest BCUT2D eigenvalue weighted by atomic mass is 32.1. The number of thiophene rings is 1. The van der Waals surface area contributed by atoms with Crippen molar-refractivity contribution in [1.29, 1.82) is 0 Å². The highest BCUT2D eigenvalue weighted by Gasteiger charge is 2.19. The van der Waals surface area contributed by atoms with Crippen LogP contribution in [0, 0.1) is 0 Å². The molecule has 0 saturated carbocycles. The Hall–Kier alpha value is -7.72. The van der Waals surface area contributed by atoms with Gasteiger partial charge in [-0.3, -0.25) is 0 Å². The zero-order valence-corrected chi connectivity index (χ0v) is 34.1. The molecule has 0 amide bonds.